The highest BCUT2D eigenvalue weighted by Gasteiger charge is 2.20. The van der Waals surface area contributed by atoms with Gasteiger partial charge in [-0.2, -0.15) is 0 Å². The highest BCUT2D eigenvalue weighted by atomic mass is 16.5. The molecule has 1 heterocycles. The first-order valence-electron chi connectivity index (χ1n) is 6.20. The van der Waals surface area contributed by atoms with Crippen molar-refractivity contribution in [3.63, 3.8) is 0 Å². The molecule has 0 fully saturated rings. The normalized spacial score (nSPS) is 15.6. The fourth-order valence-electron chi connectivity index (χ4n) is 2.39. The van der Waals surface area contributed by atoms with Crippen LogP contribution in [0.1, 0.15) is 36.8 Å². The lowest BCUT2D eigenvalue weighted by atomic mass is 9.92. The summed E-state index contributed by atoms with van der Waals surface area (Å²) < 4.78 is 4.85. The smallest absolute Gasteiger partial charge is 0.313 e. The Balaban J connectivity index is 2.29. The number of hydrogen-bond acceptors (Lipinski definition) is 3. The molecule has 3 nitrogen and oxygen atoms in total. The molecule has 0 spiro atoms. The number of rotatable bonds is 3. The summed E-state index contributed by atoms with van der Waals surface area (Å²) in [5.74, 6) is -0.275. The Hall–Kier alpha value is -1.51. The van der Waals surface area contributed by atoms with Crippen LogP contribution in [0.15, 0.2) is 18.2 Å². The molecular weight excluding hydrogens is 214 g/mol. The number of aryl methyl sites for hydroxylation is 1. The number of hydrogen-bond donors (Lipinski definition) is 1. The number of methoxy groups -OCH3 is 1. The van der Waals surface area contributed by atoms with Gasteiger partial charge >= 0.3 is 5.97 Å². The summed E-state index contributed by atoms with van der Waals surface area (Å²) in [7, 11) is 1.45. The van der Waals surface area contributed by atoms with E-state index in [9.17, 15) is 4.79 Å². The van der Waals surface area contributed by atoms with Gasteiger partial charge in [0.15, 0.2) is 0 Å². The minimum atomic E-state index is -0.142. The van der Waals surface area contributed by atoms with Crippen LogP contribution in [0.25, 0.3) is 0 Å². The molecule has 0 saturated heterocycles. The highest BCUT2D eigenvalue weighted by molar-refractivity contribution is 5.78. The zero-order chi connectivity index (χ0) is 12.3. The average molecular weight is 233 g/mol. The number of carbonyl (C=O) groups excluding carboxylic acids is 1. The second kappa shape index (κ2) is 5.21. The van der Waals surface area contributed by atoms with Crippen LogP contribution in [0.4, 0.5) is 5.69 Å². The molecule has 1 unspecified atom stereocenters. The van der Waals surface area contributed by atoms with Crippen molar-refractivity contribution in [1.29, 1.82) is 0 Å². The third-order valence-electron chi connectivity index (χ3n) is 3.36. The summed E-state index contributed by atoms with van der Waals surface area (Å²) in [6.07, 6.45) is 3.03. The van der Waals surface area contributed by atoms with Crippen molar-refractivity contribution in [1.82, 2.24) is 0 Å². The van der Waals surface area contributed by atoms with E-state index in [1.807, 2.05) is 13.0 Å². The summed E-state index contributed by atoms with van der Waals surface area (Å²) in [5, 5.41) is 3.37. The van der Waals surface area contributed by atoms with Gasteiger partial charge in [-0.15, -0.1) is 0 Å². The number of fused-ring (bicyclic) bond motifs is 1. The summed E-state index contributed by atoms with van der Waals surface area (Å²) in [4.78, 5) is 11.7. The first-order valence-corrected chi connectivity index (χ1v) is 6.20. The summed E-state index contributed by atoms with van der Waals surface area (Å²) in [6.45, 7) is 3.06. The zero-order valence-corrected chi connectivity index (χ0v) is 10.5. The fourth-order valence-corrected chi connectivity index (χ4v) is 2.39. The molecule has 0 aromatic heterocycles. The van der Waals surface area contributed by atoms with Gasteiger partial charge in [0, 0.05) is 12.2 Å². The van der Waals surface area contributed by atoms with Crippen molar-refractivity contribution in [3.8, 4) is 0 Å². The first kappa shape index (κ1) is 12.0. The van der Waals surface area contributed by atoms with E-state index in [1.165, 1.54) is 18.4 Å². The van der Waals surface area contributed by atoms with Gasteiger partial charge in [0.1, 0.15) is 0 Å². The maximum Gasteiger partial charge on any atom is 0.313 e. The number of ether oxygens (including phenoxy) is 1. The molecule has 1 aromatic rings. The van der Waals surface area contributed by atoms with E-state index in [2.05, 4.69) is 17.4 Å². The molecule has 3 heteroatoms. The third-order valence-corrected chi connectivity index (χ3v) is 3.36. The molecule has 1 aliphatic rings. The minimum absolute atomic E-state index is 0.132. The average Bonchev–Trinajstić information content (AvgIpc) is 2.39. The van der Waals surface area contributed by atoms with Gasteiger partial charge in [-0.1, -0.05) is 19.1 Å². The van der Waals surface area contributed by atoms with Crippen molar-refractivity contribution >= 4 is 11.7 Å². The Bertz CT molecular complexity index is 415. The molecule has 1 N–H and O–H groups in total. The summed E-state index contributed by atoms with van der Waals surface area (Å²) in [5.41, 5.74) is 3.60. The van der Waals surface area contributed by atoms with Crippen LogP contribution in [0.2, 0.25) is 0 Å². The molecule has 92 valence electrons. The first-order chi connectivity index (χ1) is 8.26. The lowest BCUT2D eigenvalue weighted by Gasteiger charge is -2.20. The van der Waals surface area contributed by atoms with Crippen LogP contribution in [0.3, 0.4) is 0 Å². The number of benzene rings is 1. The van der Waals surface area contributed by atoms with E-state index < -0.39 is 0 Å². The second-order valence-corrected chi connectivity index (χ2v) is 4.43. The standard InChI is InChI=1S/C14H19NO2/c1-3-12(14(16)17-2)10-6-7-13-11(9-10)5-4-8-15-13/h6-7,9,12,15H,3-5,8H2,1-2H3. The van der Waals surface area contributed by atoms with Crippen molar-refractivity contribution in [2.24, 2.45) is 0 Å². The second-order valence-electron chi connectivity index (χ2n) is 4.43. The monoisotopic (exact) mass is 233 g/mol. The number of carbonyl (C=O) groups is 1. The van der Waals surface area contributed by atoms with Gasteiger partial charge in [-0.25, -0.2) is 0 Å². The molecule has 1 aliphatic heterocycles. The molecular formula is C14H19NO2. The Morgan fingerprint density at radius 1 is 1.53 bits per heavy atom. The predicted octanol–water partition coefficient (Wildman–Crippen LogP) is 2.71. The van der Waals surface area contributed by atoms with Crippen molar-refractivity contribution in [2.75, 3.05) is 19.0 Å². The topological polar surface area (TPSA) is 38.3 Å². The Kier molecular flexibility index (Phi) is 3.67. The Morgan fingerprint density at radius 3 is 3.06 bits per heavy atom. The molecule has 17 heavy (non-hydrogen) atoms. The van der Waals surface area contributed by atoms with E-state index in [4.69, 9.17) is 4.74 Å². The number of nitrogens with one attached hydrogen (secondary N) is 1. The van der Waals surface area contributed by atoms with Crippen LogP contribution >= 0.6 is 0 Å². The maximum absolute atomic E-state index is 11.7. The minimum Gasteiger partial charge on any atom is -0.469 e. The number of esters is 1. The largest absolute Gasteiger partial charge is 0.469 e. The van der Waals surface area contributed by atoms with Crippen LogP contribution in [-0.2, 0) is 16.0 Å². The van der Waals surface area contributed by atoms with Gasteiger partial charge < -0.3 is 10.1 Å². The van der Waals surface area contributed by atoms with Crippen LogP contribution in [-0.4, -0.2) is 19.6 Å². The third kappa shape index (κ3) is 2.43. The molecule has 0 bridgehead atoms. The van der Waals surface area contributed by atoms with E-state index >= 15 is 0 Å². The fraction of sp³-hybridized carbons (Fsp3) is 0.500. The number of anilines is 1. The van der Waals surface area contributed by atoms with Gasteiger partial charge in [0.2, 0.25) is 0 Å². The predicted molar refractivity (Wildman–Crippen MR) is 68.3 cm³/mol. The quantitative estimate of drug-likeness (QED) is 0.816. The van der Waals surface area contributed by atoms with Gasteiger partial charge in [-0.3, -0.25) is 4.79 Å². The van der Waals surface area contributed by atoms with Crippen molar-refractivity contribution in [3.05, 3.63) is 29.3 Å². The van der Waals surface area contributed by atoms with Gasteiger partial charge in [0.25, 0.3) is 0 Å². The van der Waals surface area contributed by atoms with Crippen LogP contribution < -0.4 is 5.32 Å². The molecule has 1 aromatic carbocycles. The highest BCUT2D eigenvalue weighted by Crippen LogP contribution is 2.28. The van der Waals surface area contributed by atoms with Crippen molar-refractivity contribution < 1.29 is 9.53 Å². The summed E-state index contributed by atoms with van der Waals surface area (Å²) in [6, 6.07) is 6.25. The van der Waals surface area contributed by atoms with Gasteiger partial charge in [-0.05, 0) is 36.5 Å². The Morgan fingerprint density at radius 2 is 2.35 bits per heavy atom. The molecule has 1 atom stereocenters. The molecule has 0 radical (unpaired) electrons. The molecule has 0 saturated carbocycles. The van der Waals surface area contributed by atoms with Crippen molar-refractivity contribution in [2.45, 2.75) is 32.1 Å². The Labute approximate surface area is 102 Å². The lowest BCUT2D eigenvalue weighted by molar-refractivity contribution is -0.142. The lowest BCUT2D eigenvalue weighted by Crippen LogP contribution is -2.16. The van der Waals surface area contributed by atoms with E-state index in [0.717, 1.165) is 31.4 Å². The van der Waals surface area contributed by atoms with Gasteiger partial charge in [0.05, 0.1) is 13.0 Å². The van der Waals surface area contributed by atoms with E-state index in [1.54, 1.807) is 0 Å². The maximum atomic E-state index is 11.7. The van der Waals surface area contributed by atoms with Crippen LogP contribution in [0.5, 0.6) is 0 Å². The van der Waals surface area contributed by atoms with E-state index in [0.29, 0.717) is 0 Å². The van der Waals surface area contributed by atoms with Crippen LogP contribution in [0, 0.1) is 0 Å². The molecule has 0 amide bonds. The molecule has 0 aliphatic carbocycles. The molecule has 2 rings (SSSR count). The summed E-state index contributed by atoms with van der Waals surface area (Å²) >= 11 is 0. The SMILES string of the molecule is CCC(C(=O)OC)c1ccc2c(c1)CCCN2. The zero-order valence-electron chi connectivity index (χ0n) is 10.5. The van der Waals surface area contributed by atoms with E-state index in [-0.39, 0.29) is 11.9 Å².